The Hall–Kier alpha value is -8.33. The van der Waals surface area contributed by atoms with Gasteiger partial charge in [-0.25, -0.2) is 28.8 Å². The van der Waals surface area contributed by atoms with Gasteiger partial charge in [0, 0.05) is 31.3 Å². The predicted octanol–water partition coefficient (Wildman–Crippen LogP) is 6.78. The Balaban J connectivity index is 0.000000489. The van der Waals surface area contributed by atoms with E-state index in [0.717, 1.165) is 18.1 Å². The lowest BCUT2D eigenvalue weighted by Gasteiger charge is -2.31. The fourth-order valence-electron chi connectivity index (χ4n) is 5.97. The minimum Gasteiger partial charge on any atom is -0.493 e. The molecule has 432 valence electrons. The molecule has 29 nitrogen and oxygen atoms in total. The van der Waals surface area contributed by atoms with Crippen molar-refractivity contribution >= 4 is 57.4 Å². The minimum absolute atomic E-state index is 0.0479. The van der Waals surface area contributed by atoms with E-state index in [1.807, 2.05) is 24.9 Å². The molecule has 0 aromatic heterocycles. The second kappa shape index (κ2) is 35.1. The Labute approximate surface area is 450 Å². The Morgan fingerprint density at radius 3 is 1.55 bits per heavy atom. The number of aliphatic hydroxyl groups is 1. The number of rotatable bonds is 23. The van der Waals surface area contributed by atoms with Crippen molar-refractivity contribution in [3.63, 3.8) is 0 Å². The van der Waals surface area contributed by atoms with E-state index in [4.69, 9.17) is 56.8 Å². The predicted molar refractivity (Wildman–Crippen MR) is 271 cm³/mol. The Morgan fingerprint density at radius 1 is 0.667 bits per heavy atom. The highest BCUT2D eigenvalue weighted by Crippen LogP contribution is 2.36. The number of benzene rings is 3. The number of nitro benzene ring substituents is 2. The molecule has 30 heteroatoms. The largest absolute Gasteiger partial charge is 0.508 e. The lowest BCUT2D eigenvalue weighted by Crippen LogP contribution is -2.45. The fourth-order valence-corrected chi connectivity index (χ4v) is 5.97. The van der Waals surface area contributed by atoms with Crippen molar-refractivity contribution in [3.05, 3.63) is 91.5 Å². The van der Waals surface area contributed by atoms with Crippen LogP contribution in [0, 0.1) is 31.1 Å². The van der Waals surface area contributed by atoms with Crippen LogP contribution in [-0.2, 0) is 67.2 Å². The van der Waals surface area contributed by atoms with E-state index in [-0.39, 0.29) is 111 Å². The smallest absolute Gasteiger partial charge is 0.493 e. The number of nitrogens with zero attached hydrogens (tertiary/aromatic N) is 2. The summed E-state index contributed by atoms with van der Waals surface area (Å²) in [7, 11) is 7.85. The minimum atomic E-state index is -1.10. The lowest BCUT2D eigenvalue weighted by atomic mass is 9.92. The summed E-state index contributed by atoms with van der Waals surface area (Å²) in [5.41, 5.74) is -1.26. The summed E-state index contributed by atoms with van der Waals surface area (Å²) in [6.07, 6.45) is -3.86. The highest BCUT2D eigenvalue weighted by Gasteiger charge is 2.34. The van der Waals surface area contributed by atoms with Crippen molar-refractivity contribution in [2.75, 3.05) is 101 Å². The molecule has 2 amide bonds. The number of cyclic esters (lactones) is 4. The van der Waals surface area contributed by atoms with Gasteiger partial charge in [-0.05, 0) is 17.7 Å². The number of hydrogen-bond acceptors (Lipinski definition) is 25. The molecule has 3 aromatic rings. The molecule has 2 unspecified atom stereocenters. The number of nitrogens with one attached hydrogen (secondary N) is 2. The first-order valence-corrected chi connectivity index (χ1v) is 24.4. The number of hydrogen-bond donors (Lipinski definition) is 3. The van der Waals surface area contributed by atoms with Crippen LogP contribution in [0.1, 0.15) is 43.4 Å². The van der Waals surface area contributed by atoms with Crippen LogP contribution in [0.25, 0.3) is 0 Å². The van der Waals surface area contributed by atoms with E-state index in [1.54, 1.807) is 19.1 Å². The molecule has 2 atom stereocenters. The number of amides is 2. The van der Waals surface area contributed by atoms with Crippen molar-refractivity contribution in [1.29, 1.82) is 0 Å². The number of ether oxygens (including phenoxy) is 14. The van der Waals surface area contributed by atoms with Gasteiger partial charge in [0.2, 0.25) is 0 Å². The first-order chi connectivity index (χ1) is 37.3. The molecule has 5 rings (SSSR count). The first-order valence-electron chi connectivity index (χ1n) is 23.3. The topological polar surface area (TPSA) is 362 Å². The van der Waals surface area contributed by atoms with Crippen LogP contribution in [0.5, 0.6) is 23.0 Å². The summed E-state index contributed by atoms with van der Waals surface area (Å²) < 4.78 is 68.7. The summed E-state index contributed by atoms with van der Waals surface area (Å²) in [5.74, 6) is 0.822. The Bertz CT molecular complexity index is 2410. The molecule has 3 N–H and O–H groups in total. The first kappa shape index (κ1) is 65.8. The van der Waals surface area contributed by atoms with Crippen molar-refractivity contribution in [2.24, 2.45) is 10.8 Å². The molecule has 78 heavy (non-hydrogen) atoms. The van der Waals surface area contributed by atoms with Crippen LogP contribution in [0.15, 0.2) is 54.6 Å². The summed E-state index contributed by atoms with van der Waals surface area (Å²) in [4.78, 5) is 89.9. The zero-order valence-corrected chi connectivity index (χ0v) is 45.2. The number of carbonyl (C=O) groups excluding carboxylic acids is 6. The summed E-state index contributed by atoms with van der Waals surface area (Å²) in [5, 5.41) is 37.3. The van der Waals surface area contributed by atoms with Gasteiger partial charge in [-0.2, -0.15) is 0 Å². The zero-order valence-electron chi connectivity index (χ0n) is 44.0. The quantitative estimate of drug-likeness (QED) is 0.0220. The highest BCUT2D eigenvalue weighted by atomic mass is 31.0. The van der Waals surface area contributed by atoms with Crippen LogP contribution in [-0.4, -0.2) is 153 Å². The molecule has 0 bridgehead atoms. The molecular weight excluding hydrogens is 1060 g/mol. The van der Waals surface area contributed by atoms with E-state index < -0.39 is 70.7 Å². The van der Waals surface area contributed by atoms with Crippen molar-refractivity contribution < 1.29 is 110 Å². The van der Waals surface area contributed by atoms with E-state index in [9.17, 15) is 54.1 Å². The fraction of sp³-hybridized carbons (Fsp3) is 0.500. The van der Waals surface area contributed by atoms with Gasteiger partial charge in [-0.3, -0.25) is 20.2 Å². The van der Waals surface area contributed by atoms with Crippen molar-refractivity contribution in [3.8, 4) is 23.0 Å². The van der Waals surface area contributed by atoms with Gasteiger partial charge in [0.25, 0.3) is 11.4 Å². The van der Waals surface area contributed by atoms with Gasteiger partial charge in [0.1, 0.15) is 39.6 Å². The molecule has 3 aromatic carbocycles. The molecule has 2 heterocycles. The van der Waals surface area contributed by atoms with Gasteiger partial charge < -0.3 is 82.1 Å². The number of nitro groups is 2. The summed E-state index contributed by atoms with van der Waals surface area (Å²) >= 11 is 0. The summed E-state index contributed by atoms with van der Waals surface area (Å²) in [6.45, 7) is 4.73. The van der Waals surface area contributed by atoms with Gasteiger partial charge >= 0.3 is 36.8 Å². The van der Waals surface area contributed by atoms with Crippen LogP contribution in [0.4, 0.5) is 40.1 Å². The van der Waals surface area contributed by atoms with Gasteiger partial charge in [-0.15, -0.1) is 9.24 Å². The molecule has 0 radical (unpaired) electrons. The third-order valence-electron chi connectivity index (χ3n) is 10.3. The second-order valence-electron chi connectivity index (χ2n) is 16.6. The van der Waals surface area contributed by atoms with Crippen LogP contribution in [0.2, 0.25) is 0 Å². The van der Waals surface area contributed by atoms with Crippen LogP contribution < -0.4 is 29.6 Å². The molecule has 0 saturated carbocycles. The number of aliphatic hydroxyl groups excluding tert-OH is 1. The standard InChI is InChI=1S/C27H34N2O13.C16H20N2O9.C4H6O3.CH5P/c1-27(17-30,16-28-24(31)40-15-20-12-22(36-2)23(37-3)13-21(20)29(34)35)18-42-26(33)39-11-7-10-38-25(32)41-14-19-8-5-4-6-9-19;1-16(8-26-15(20)27-9-16)7-17-14(19)25-6-10-4-12(23-2)13(24-3)5-11(10)18(21)22;5-4-6-2-1-3-7-4;1-2/h4-6,8-9,12-13,30H,7,10-11,14-18H2,1-3H3,(H,28,31);4-5H,6-9H2,1-3H3,(H,17,19);1-3H2;2H2,1H3. The average molecular weight is 1130 g/mol. The maximum absolute atomic E-state index is 12.2. The van der Waals surface area contributed by atoms with E-state index in [2.05, 4.69) is 29.3 Å². The lowest BCUT2D eigenvalue weighted by molar-refractivity contribution is -0.386. The molecule has 0 aliphatic carbocycles. The van der Waals surface area contributed by atoms with E-state index >= 15 is 0 Å². The maximum Gasteiger partial charge on any atom is 0.508 e. The SMILES string of the molecule is COc1cc(COC(=O)NCC(C)(CO)COC(=O)OCCCOC(=O)OCc2ccccc2)c([N+](=O)[O-])cc1OC.COc1cc(COC(=O)NCC2(C)COC(=O)OC2)c([N+](=O)[O-])cc1OC.CP.O=C1OCCCO1. The van der Waals surface area contributed by atoms with Gasteiger partial charge in [0.15, 0.2) is 23.0 Å². The van der Waals surface area contributed by atoms with Crippen LogP contribution in [0.3, 0.4) is 0 Å². The monoisotopic (exact) mass is 1130 g/mol. The number of alkyl carbamates (subject to hydrolysis) is 2. The maximum atomic E-state index is 12.2. The Morgan fingerprint density at radius 2 is 1.12 bits per heavy atom. The highest BCUT2D eigenvalue weighted by molar-refractivity contribution is 7.15. The zero-order chi connectivity index (χ0) is 58.1. The third-order valence-corrected chi connectivity index (χ3v) is 10.3. The van der Waals surface area contributed by atoms with Crippen molar-refractivity contribution in [2.45, 2.75) is 46.5 Å². The third kappa shape index (κ3) is 24.1. The van der Waals surface area contributed by atoms with E-state index in [1.165, 1.54) is 53.6 Å². The number of methoxy groups -OCH3 is 4. The molecule has 2 aliphatic rings. The molecule has 2 fully saturated rings. The second-order valence-corrected chi connectivity index (χ2v) is 16.6. The average Bonchev–Trinajstić information content (AvgIpc) is 3.48. The summed E-state index contributed by atoms with van der Waals surface area (Å²) in [6, 6.07) is 14.1. The van der Waals surface area contributed by atoms with Gasteiger partial charge in [0.05, 0.1) is 100.0 Å². The molecule has 2 aliphatic heterocycles. The van der Waals surface area contributed by atoms with Crippen molar-refractivity contribution in [1.82, 2.24) is 10.6 Å². The molecule has 0 spiro atoms. The molecular formula is C48H65N4O25P. The number of carbonyl (C=O) groups is 6. The van der Waals surface area contributed by atoms with Crippen LogP contribution >= 0.6 is 9.24 Å². The van der Waals surface area contributed by atoms with E-state index in [0.29, 0.717) is 13.2 Å². The normalized spacial score (nSPS) is 13.5. The Kier molecular flexibility index (Phi) is 29.6. The molecule has 2 saturated heterocycles. The van der Waals surface area contributed by atoms with Gasteiger partial charge in [-0.1, -0.05) is 50.8 Å².